The Morgan fingerprint density at radius 3 is 2.75 bits per heavy atom. The van der Waals surface area contributed by atoms with Crippen LogP contribution in [-0.2, 0) is 16.6 Å². The van der Waals surface area contributed by atoms with Crippen LogP contribution in [0.1, 0.15) is 23.1 Å². The highest BCUT2D eigenvalue weighted by Gasteiger charge is 2.33. The summed E-state index contributed by atoms with van der Waals surface area (Å²) in [4.78, 5) is 4.36. The minimum Gasteiger partial charge on any atom is -0.326 e. The first-order chi connectivity index (χ1) is 9.36. The Balaban J connectivity index is 2.35. The molecule has 1 aliphatic heterocycles. The minimum atomic E-state index is -3.42. The van der Waals surface area contributed by atoms with E-state index in [0.29, 0.717) is 18.0 Å². The second kappa shape index (κ2) is 6.11. The molecule has 1 aromatic rings. The van der Waals surface area contributed by atoms with Crippen LogP contribution in [-0.4, -0.2) is 50.3 Å². The first-order valence-electron chi connectivity index (χ1n) is 6.86. The predicted octanol–water partition coefficient (Wildman–Crippen LogP) is 1.23. The molecule has 1 unspecified atom stereocenters. The van der Waals surface area contributed by atoms with E-state index in [-0.39, 0.29) is 6.04 Å². The van der Waals surface area contributed by atoms with Crippen molar-refractivity contribution in [3.63, 3.8) is 0 Å². The maximum Gasteiger partial charge on any atom is 0.244 e. The highest BCUT2D eigenvalue weighted by atomic mass is 32.2. The number of likely N-dealkylation sites (N-methyl/N-ethyl adjacent to an activating group) is 1. The van der Waals surface area contributed by atoms with E-state index >= 15 is 0 Å². The molecule has 5 nitrogen and oxygen atoms in total. The van der Waals surface area contributed by atoms with Crippen LogP contribution in [0.3, 0.4) is 0 Å². The lowest BCUT2D eigenvalue weighted by Gasteiger charge is -2.27. The van der Waals surface area contributed by atoms with Gasteiger partial charge in [-0.15, -0.1) is 11.3 Å². The lowest BCUT2D eigenvalue weighted by molar-refractivity contribution is 0.290. The van der Waals surface area contributed by atoms with Gasteiger partial charge in [0.05, 0.1) is 4.90 Å². The van der Waals surface area contributed by atoms with Crippen LogP contribution in [0.5, 0.6) is 0 Å². The average Bonchev–Trinajstić information content (AvgIpc) is 2.67. The monoisotopic (exact) mass is 317 g/mol. The summed E-state index contributed by atoms with van der Waals surface area (Å²) in [7, 11) is -1.38. The quantitative estimate of drug-likeness (QED) is 0.910. The number of thiophene rings is 1. The third-order valence-electron chi connectivity index (χ3n) is 3.70. The molecule has 1 fully saturated rings. The van der Waals surface area contributed by atoms with Gasteiger partial charge in [-0.3, -0.25) is 0 Å². The van der Waals surface area contributed by atoms with Crippen molar-refractivity contribution >= 4 is 21.4 Å². The summed E-state index contributed by atoms with van der Waals surface area (Å²) in [6, 6.07) is 1.73. The molecule has 0 saturated carbocycles. The normalized spacial score (nSPS) is 22.9. The van der Waals surface area contributed by atoms with Crippen LogP contribution in [0.15, 0.2) is 11.0 Å². The largest absolute Gasteiger partial charge is 0.326 e. The maximum absolute atomic E-state index is 12.9. The van der Waals surface area contributed by atoms with E-state index < -0.39 is 10.0 Å². The molecule has 7 heteroatoms. The summed E-state index contributed by atoms with van der Waals surface area (Å²) < 4.78 is 27.4. The molecule has 2 rings (SSSR count). The highest BCUT2D eigenvalue weighted by molar-refractivity contribution is 7.89. The second-order valence-corrected chi connectivity index (χ2v) is 8.62. The van der Waals surface area contributed by atoms with Crippen LogP contribution in [0, 0.1) is 6.92 Å². The van der Waals surface area contributed by atoms with Gasteiger partial charge in [-0.05, 0) is 39.9 Å². The number of hydrogen-bond acceptors (Lipinski definition) is 5. The second-order valence-electron chi connectivity index (χ2n) is 5.42. The first-order valence-corrected chi connectivity index (χ1v) is 9.11. The number of aryl methyl sites for hydroxylation is 1. The van der Waals surface area contributed by atoms with Gasteiger partial charge in [0.2, 0.25) is 10.0 Å². The standard InChI is InChI=1S/C13H23N3O2S2/c1-10-9-15(3)5-4-6-16(10)20(17,18)13-7-12(8-14)19-11(13)2/h7,10H,4-6,8-9,14H2,1-3H3. The summed E-state index contributed by atoms with van der Waals surface area (Å²) >= 11 is 1.47. The van der Waals surface area contributed by atoms with Gasteiger partial charge in [-0.1, -0.05) is 0 Å². The Morgan fingerprint density at radius 2 is 2.15 bits per heavy atom. The number of nitrogens with two attached hydrogens (primary N) is 1. The van der Waals surface area contributed by atoms with E-state index in [1.54, 1.807) is 10.4 Å². The minimum absolute atomic E-state index is 0.00636. The number of rotatable bonds is 3. The van der Waals surface area contributed by atoms with Crippen LogP contribution in [0.2, 0.25) is 0 Å². The molecular weight excluding hydrogens is 294 g/mol. The molecule has 0 radical (unpaired) electrons. The van der Waals surface area contributed by atoms with Gasteiger partial charge in [0.1, 0.15) is 0 Å². The molecule has 2 N–H and O–H groups in total. The Labute approximate surface area is 125 Å². The van der Waals surface area contributed by atoms with E-state index in [4.69, 9.17) is 5.73 Å². The molecule has 0 bridgehead atoms. The fraction of sp³-hybridized carbons (Fsp3) is 0.692. The van der Waals surface area contributed by atoms with Gasteiger partial charge in [0.15, 0.2) is 0 Å². The van der Waals surface area contributed by atoms with Crippen LogP contribution >= 0.6 is 11.3 Å². The third kappa shape index (κ3) is 3.07. The maximum atomic E-state index is 12.9. The molecule has 1 aromatic heterocycles. The summed E-state index contributed by atoms with van der Waals surface area (Å²) in [6.45, 7) is 6.51. The van der Waals surface area contributed by atoms with Crippen molar-refractivity contribution in [3.8, 4) is 0 Å². The molecule has 0 amide bonds. The molecule has 1 saturated heterocycles. The molecule has 114 valence electrons. The Morgan fingerprint density at radius 1 is 1.45 bits per heavy atom. The first kappa shape index (κ1) is 15.9. The Hall–Kier alpha value is -0.470. The van der Waals surface area contributed by atoms with Gasteiger partial charge < -0.3 is 10.6 Å². The lowest BCUT2D eigenvalue weighted by atomic mass is 10.3. The molecule has 20 heavy (non-hydrogen) atoms. The van der Waals surface area contributed by atoms with Crippen molar-refractivity contribution in [1.29, 1.82) is 0 Å². The predicted molar refractivity (Wildman–Crippen MR) is 82.4 cm³/mol. The van der Waals surface area contributed by atoms with Crippen molar-refractivity contribution in [2.24, 2.45) is 5.73 Å². The van der Waals surface area contributed by atoms with Crippen LogP contribution < -0.4 is 5.73 Å². The number of hydrogen-bond donors (Lipinski definition) is 1. The highest BCUT2D eigenvalue weighted by Crippen LogP contribution is 2.29. The summed E-state index contributed by atoms with van der Waals surface area (Å²) in [5.41, 5.74) is 5.62. The molecule has 0 aromatic carbocycles. The summed E-state index contributed by atoms with van der Waals surface area (Å²) in [5.74, 6) is 0. The van der Waals surface area contributed by atoms with Crippen molar-refractivity contribution in [2.45, 2.75) is 37.8 Å². The van der Waals surface area contributed by atoms with Gasteiger partial charge in [-0.2, -0.15) is 4.31 Å². The topological polar surface area (TPSA) is 66.6 Å². The lowest BCUT2D eigenvalue weighted by Crippen LogP contribution is -2.41. The molecule has 0 aliphatic carbocycles. The Kier molecular flexibility index (Phi) is 4.86. The smallest absolute Gasteiger partial charge is 0.244 e. The van der Waals surface area contributed by atoms with E-state index in [0.717, 1.165) is 29.3 Å². The van der Waals surface area contributed by atoms with E-state index in [2.05, 4.69) is 4.90 Å². The van der Waals surface area contributed by atoms with Crippen LogP contribution in [0.25, 0.3) is 0 Å². The summed E-state index contributed by atoms with van der Waals surface area (Å²) in [6.07, 6.45) is 0.868. The van der Waals surface area contributed by atoms with Crippen molar-refractivity contribution in [3.05, 3.63) is 15.8 Å². The van der Waals surface area contributed by atoms with Crippen molar-refractivity contribution in [2.75, 3.05) is 26.7 Å². The zero-order valence-electron chi connectivity index (χ0n) is 12.3. The van der Waals surface area contributed by atoms with Crippen molar-refractivity contribution < 1.29 is 8.42 Å². The van der Waals surface area contributed by atoms with Gasteiger partial charge >= 0.3 is 0 Å². The average molecular weight is 317 g/mol. The third-order valence-corrected chi connectivity index (χ3v) is 7.04. The van der Waals surface area contributed by atoms with Gasteiger partial charge in [-0.25, -0.2) is 8.42 Å². The molecule has 1 aliphatic rings. The van der Waals surface area contributed by atoms with Gasteiger partial charge in [0.25, 0.3) is 0 Å². The molecular formula is C13H23N3O2S2. The fourth-order valence-corrected chi connectivity index (χ4v) is 5.86. The Bertz CT molecular complexity index is 568. The number of sulfonamides is 1. The molecule has 2 heterocycles. The van der Waals surface area contributed by atoms with E-state index in [1.807, 2.05) is 20.9 Å². The summed E-state index contributed by atoms with van der Waals surface area (Å²) in [5, 5.41) is 0. The number of nitrogens with zero attached hydrogens (tertiary/aromatic N) is 2. The van der Waals surface area contributed by atoms with Crippen molar-refractivity contribution in [1.82, 2.24) is 9.21 Å². The fourth-order valence-electron chi connectivity index (χ4n) is 2.71. The molecule has 1 atom stereocenters. The van der Waals surface area contributed by atoms with Crippen LogP contribution in [0.4, 0.5) is 0 Å². The van der Waals surface area contributed by atoms with Gasteiger partial charge in [0, 0.05) is 35.4 Å². The molecule has 0 spiro atoms. The SMILES string of the molecule is Cc1sc(CN)cc1S(=O)(=O)N1CCCN(C)CC1C. The van der Waals surface area contributed by atoms with E-state index in [1.165, 1.54) is 11.3 Å². The zero-order valence-corrected chi connectivity index (χ0v) is 13.9. The van der Waals surface area contributed by atoms with E-state index in [9.17, 15) is 8.42 Å². The zero-order chi connectivity index (χ0) is 14.9.